The summed E-state index contributed by atoms with van der Waals surface area (Å²) in [6.07, 6.45) is 0. The first kappa shape index (κ1) is 14.1. The number of amides is 1. The summed E-state index contributed by atoms with van der Waals surface area (Å²) in [7, 11) is 1.80. The molecular weight excluding hydrogens is 248 g/mol. The van der Waals surface area contributed by atoms with Crippen LogP contribution in [0.5, 0.6) is 0 Å². The molecule has 0 aliphatic rings. The molecule has 0 heterocycles. The number of nitrogens with one attached hydrogen (secondary N) is 1. The second-order valence-corrected chi connectivity index (χ2v) is 4.81. The maximum Gasteiger partial charge on any atom is 0.258 e. The fourth-order valence-corrected chi connectivity index (χ4v) is 2.01. The van der Waals surface area contributed by atoms with Gasteiger partial charge < -0.3 is 10.2 Å². The third kappa shape index (κ3) is 3.18. The van der Waals surface area contributed by atoms with Crippen LogP contribution >= 0.6 is 0 Å². The Morgan fingerprint density at radius 2 is 1.65 bits per heavy atom. The lowest BCUT2D eigenvalue weighted by atomic mass is 10.1. The molecule has 0 atom stereocenters. The predicted molar refractivity (Wildman–Crippen MR) is 84.5 cm³/mol. The van der Waals surface area contributed by atoms with E-state index < -0.39 is 0 Å². The Hall–Kier alpha value is -2.29. The zero-order chi connectivity index (χ0) is 14.5. The third-order valence-corrected chi connectivity index (χ3v) is 3.24. The minimum Gasteiger partial charge on any atom is -0.385 e. The highest BCUT2D eigenvalue weighted by Gasteiger charge is 2.12. The SMILES string of the molecule is CCNc1ccc(C(=O)N(C)c2ccc(C)cc2)cc1. The lowest BCUT2D eigenvalue weighted by molar-refractivity contribution is 0.0993. The fourth-order valence-electron chi connectivity index (χ4n) is 2.01. The first-order valence-electron chi connectivity index (χ1n) is 6.80. The van der Waals surface area contributed by atoms with Crippen molar-refractivity contribution in [2.75, 3.05) is 23.8 Å². The maximum atomic E-state index is 12.4. The Morgan fingerprint density at radius 3 is 2.20 bits per heavy atom. The van der Waals surface area contributed by atoms with Crippen LogP contribution in [0.2, 0.25) is 0 Å². The molecule has 0 unspecified atom stereocenters. The summed E-state index contributed by atoms with van der Waals surface area (Å²) in [6, 6.07) is 15.5. The third-order valence-electron chi connectivity index (χ3n) is 3.24. The molecule has 0 saturated heterocycles. The van der Waals surface area contributed by atoms with Crippen LogP contribution < -0.4 is 10.2 Å². The summed E-state index contributed by atoms with van der Waals surface area (Å²) in [5.41, 5.74) is 3.80. The number of anilines is 2. The quantitative estimate of drug-likeness (QED) is 0.917. The molecular formula is C17H20N2O. The van der Waals surface area contributed by atoms with Crippen molar-refractivity contribution in [2.45, 2.75) is 13.8 Å². The first-order valence-corrected chi connectivity index (χ1v) is 6.80. The monoisotopic (exact) mass is 268 g/mol. The van der Waals surface area contributed by atoms with Crippen LogP contribution in [0.4, 0.5) is 11.4 Å². The molecule has 0 aliphatic carbocycles. The molecule has 0 bridgehead atoms. The Balaban J connectivity index is 2.15. The van der Waals surface area contributed by atoms with Crippen molar-refractivity contribution in [2.24, 2.45) is 0 Å². The Kier molecular flexibility index (Phi) is 4.41. The van der Waals surface area contributed by atoms with Crippen LogP contribution in [0.25, 0.3) is 0 Å². The van der Waals surface area contributed by atoms with Gasteiger partial charge in [-0.25, -0.2) is 0 Å². The van der Waals surface area contributed by atoms with Gasteiger partial charge >= 0.3 is 0 Å². The van der Waals surface area contributed by atoms with Crippen molar-refractivity contribution in [3.8, 4) is 0 Å². The molecule has 20 heavy (non-hydrogen) atoms. The highest BCUT2D eigenvalue weighted by atomic mass is 16.2. The van der Waals surface area contributed by atoms with Crippen molar-refractivity contribution in [3.05, 3.63) is 59.7 Å². The fraction of sp³-hybridized carbons (Fsp3) is 0.235. The Morgan fingerprint density at radius 1 is 1.05 bits per heavy atom. The van der Waals surface area contributed by atoms with Gasteiger partial charge in [-0.05, 0) is 50.2 Å². The van der Waals surface area contributed by atoms with Gasteiger partial charge in [-0.15, -0.1) is 0 Å². The number of carbonyl (C=O) groups excluding carboxylic acids is 1. The maximum absolute atomic E-state index is 12.4. The van der Waals surface area contributed by atoms with Crippen LogP contribution in [-0.4, -0.2) is 19.5 Å². The predicted octanol–water partition coefficient (Wildman–Crippen LogP) is 3.70. The van der Waals surface area contributed by atoms with E-state index in [0.717, 1.165) is 17.9 Å². The molecule has 0 radical (unpaired) electrons. The summed E-state index contributed by atoms with van der Waals surface area (Å²) in [5, 5.41) is 3.22. The second-order valence-electron chi connectivity index (χ2n) is 4.81. The summed E-state index contributed by atoms with van der Waals surface area (Å²) < 4.78 is 0. The van der Waals surface area contributed by atoms with Crippen molar-refractivity contribution >= 4 is 17.3 Å². The molecule has 0 aromatic heterocycles. The van der Waals surface area contributed by atoms with Crippen LogP contribution in [0.3, 0.4) is 0 Å². The van der Waals surface area contributed by atoms with E-state index >= 15 is 0 Å². The number of hydrogen-bond acceptors (Lipinski definition) is 2. The summed E-state index contributed by atoms with van der Waals surface area (Å²) in [5.74, 6) is -0.00287. The smallest absolute Gasteiger partial charge is 0.258 e. The average Bonchev–Trinajstić information content (AvgIpc) is 2.48. The number of rotatable bonds is 4. The number of nitrogens with zero attached hydrogens (tertiary/aromatic N) is 1. The normalized spacial score (nSPS) is 10.2. The minimum absolute atomic E-state index is 0.00287. The van der Waals surface area contributed by atoms with Gasteiger partial charge in [-0.2, -0.15) is 0 Å². The Bertz CT molecular complexity index is 573. The van der Waals surface area contributed by atoms with Gasteiger partial charge in [0, 0.05) is 30.5 Å². The van der Waals surface area contributed by atoms with E-state index in [-0.39, 0.29) is 5.91 Å². The van der Waals surface area contributed by atoms with Crippen molar-refractivity contribution in [1.29, 1.82) is 0 Å². The zero-order valence-corrected chi connectivity index (χ0v) is 12.2. The molecule has 3 nitrogen and oxygen atoms in total. The lowest BCUT2D eigenvalue weighted by Crippen LogP contribution is -2.26. The molecule has 3 heteroatoms. The first-order chi connectivity index (χ1) is 9.61. The molecule has 104 valence electrons. The lowest BCUT2D eigenvalue weighted by Gasteiger charge is -2.18. The van der Waals surface area contributed by atoms with Gasteiger partial charge in [-0.3, -0.25) is 4.79 Å². The summed E-state index contributed by atoms with van der Waals surface area (Å²) >= 11 is 0. The van der Waals surface area contributed by atoms with Crippen LogP contribution in [0.15, 0.2) is 48.5 Å². The average molecular weight is 268 g/mol. The van der Waals surface area contributed by atoms with Crippen LogP contribution in [-0.2, 0) is 0 Å². The van der Waals surface area contributed by atoms with E-state index in [1.165, 1.54) is 5.56 Å². The van der Waals surface area contributed by atoms with Crippen molar-refractivity contribution in [1.82, 2.24) is 0 Å². The number of benzene rings is 2. The molecule has 0 saturated carbocycles. The molecule has 1 amide bonds. The molecule has 2 aromatic carbocycles. The highest BCUT2D eigenvalue weighted by Crippen LogP contribution is 2.17. The van der Waals surface area contributed by atoms with Gasteiger partial charge in [0.05, 0.1) is 0 Å². The second kappa shape index (κ2) is 6.24. The van der Waals surface area contributed by atoms with Crippen LogP contribution in [0, 0.1) is 6.92 Å². The summed E-state index contributed by atoms with van der Waals surface area (Å²) in [4.78, 5) is 14.1. The highest BCUT2D eigenvalue weighted by molar-refractivity contribution is 6.05. The molecule has 2 aromatic rings. The topological polar surface area (TPSA) is 32.3 Å². The Labute approximate surface area is 120 Å². The largest absolute Gasteiger partial charge is 0.385 e. The number of hydrogen-bond donors (Lipinski definition) is 1. The van der Waals surface area contributed by atoms with Gasteiger partial charge in [0.25, 0.3) is 5.91 Å². The standard InChI is InChI=1S/C17H20N2O/c1-4-18-15-9-7-14(8-10-15)17(20)19(3)16-11-5-13(2)6-12-16/h5-12,18H,4H2,1-3H3. The van der Waals surface area contributed by atoms with Gasteiger partial charge in [0.15, 0.2) is 0 Å². The molecule has 1 N–H and O–H groups in total. The zero-order valence-electron chi connectivity index (χ0n) is 12.2. The van der Waals surface area contributed by atoms with Crippen molar-refractivity contribution < 1.29 is 4.79 Å². The van der Waals surface area contributed by atoms with E-state index in [0.29, 0.717) is 5.56 Å². The molecule has 0 spiro atoms. The van der Waals surface area contributed by atoms with Gasteiger partial charge in [0.2, 0.25) is 0 Å². The van der Waals surface area contributed by atoms with E-state index in [2.05, 4.69) is 5.32 Å². The molecule has 2 rings (SSSR count). The summed E-state index contributed by atoms with van der Waals surface area (Å²) in [6.45, 7) is 4.95. The van der Waals surface area contributed by atoms with E-state index in [4.69, 9.17) is 0 Å². The molecule has 0 aliphatic heterocycles. The van der Waals surface area contributed by atoms with Crippen molar-refractivity contribution in [3.63, 3.8) is 0 Å². The number of aryl methyl sites for hydroxylation is 1. The molecule has 0 fully saturated rings. The van der Waals surface area contributed by atoms with E-state index in [1.807, 2.05) is 62.4 Å². The number of carbonyl (C=O) groups is 1. The minimum atomic E-state index is -0.00287. The van der Waals surface area contributed by atoms with Gasteiger partial charge in [-0.1, -0.05) is 17.7 Å². The van der Waals surface area contributed by atoms with Gasteiger partial charge in [0.1, 0.15) is 0 Å². The van der Waals surface area contributed by atoms with Crippen LogP contribution in [0.1, 0.15) is 22.8 Å². The van der Waals surface area contributed by atoms with E-state index in [1.54, 1.807) is 11.9 Å². The van der Waals surface area contributed by atoms with E-state index in [9.17, 15) is 4.79 Å².